The summed E-state index contributed by atoms with van der Waals surface area (Å²) in [5.74, 6) is 0.0662. The van der Waals surface area contributed by atoms with Gasteiger partial charge < -0.3 is 25.4 Å². The average Bonchev–Trinajstić information content (AvgIpc) is 2.68. The number of hydrogen-bond donors (Lipinski definition) is 3. The Morgan fingerprint density at radius 3 is 3.17 bits per heavy atom. The van der Waals surface area contributed by atoms with Gasteiger partial charge in [0.2, 0.25) is 0 Å². The molecule has 8 heteroatoms. The number of nitrogens with zero attached hydrogens (tertiary/aromatic N) is 2. The van der Waals surface area contributed by atoms with Gasteiger partial charge in [-0.1, -0.05) is 0 Å². The summed E-state index contributed by atoms with van der Waals surface area (Å²) in [5, 5.41) is 19.0. The van der Waals surface area contributed by atoms with Gasteiger partial charge >= 0.3 is 5.69 Å². The Bertz CT molecular complexity index is 496. The van der Waals surface area contributed by atoms with Crippen LogP contribution in [0.4, 0.5) is 5.82 Å². The van der Waals surface area contributed by atoms with E-state index in [1.807, 2.05) is 0 Å². The predicted molar refractivity (Wildman–Crippen MR) is 60.7 cm³/mol. The maximum atomic E-state index is 11.7. The van der Waals surface area contributed by atoms with E-state index in [0.717, 1.165) is 4.57 Å². The molecule has 2 heterocycles. The van der Waals surface area contributed by atoms with Crippen LogP contribution in [0.15, 0.2) is 17.1 Å². The smallest absolute Gasteiger partial charge is 0.351 e. The molecule has 0 unspecified atom stereocenters. The molecule has 4 N–H and O–H groups in total. The van der Waals surface area contributed by atoms with Crippen LogP contribution < -0.4 is 11.4 Å². The van der Waals surface area contributed by atoms with Crippen molar-refractivity contribution in [1.82, 2.24) is 9.55 Å². The highest BCUT2D eigenvalue weighted by atomic mass is 16.6. The van der Waals surface area contributed by atoms with E-state index in [2.05, 4.69) is 4.98 Å². The molecule has 1 fully saturated rings. The number of hydrogen-bond acceptors (Lipinski definition) is 7. The molecule has 0 saturated carbocycles. The lowest BCUT2D eigenvalue weighted by Gasteiger charge is -2.20. The molecular weight excluding hydrogens is 242 g/mol. The van der Waals surface area contributed by atoms with E-state index < -0.39 is 43.9 Å². The molecule has 1 saturated heterocycles. The Morgan fingerprint density at radius 1 is 1.78 bits per heavy atom. The van der Waals surface area contributed by atoms with Crippen LogP contribution in [0.5, 0.6) is 0 Å². The van der Waals surface area contributed by atoms with E-state index in [4.69, 9.17) is 21.7 Å². The van der Waals surface area contributed by atoms with Crippen LogP contribution in [-0.2, 0) is 9.47 Å². The zero-order valence-corrected chi connectivity index (χ0v) is 9.47. The van der Waals surface area contributed by atoms with Gasteiger partial charge in [-0.05, 0) is 6.07 Å². The zero-order chi connectivity index (χ0) is 14.0. The Labute approximate surface area is 104 Å². The lowest BCUT2D eigenvalue weighted by atomic mass is 10.1. The van der Waals surface area contributed by atoms with E-state index in [9.17, 15) is 9.90 Å². The minimum absolute atomic E-state index is 0.0662. The van der Waals surface area contributed by atoms with Crippen molar-refractivity contribution in [2.24, 2.45) is 0 Å². The molecule has 0 amide bonds. The van der Waals surface area contributed by atoms with Crippen LogP contribution in [0.3, 0.4) is 0 Å². The standard InChI is InChI=1S/C10H15N3O5/c1-17-8-7(15)5(4-14)18-9(8)13-3-2-6(11)12-10(13)16/h2-3,5,7-9,14-15H,4H2,1H3,(H2,11,12,16)/t5-,7-,8-,9-/m1/s1/i1D. The van der Waals surface area contributed by atoms with Crippen molar-refractivity contribution >= 4 is 5.82 Å². The van der Waals surface area contributed by atoms with Crippen LogP contribution in [0.25, 0.3) is 0 Å². The van der Waals surface area contributed by atoms with Crippen LogP contribution >= 0.6 is 0 Å². The highest BCUT2D eigenvalue weighted by Crippen LogP contribution is 2.30. The number of aromatic nitrogens is 2. The minimum atomic E-state index is -1.13. The monoisotopic (exact) mass is 258 g/mol. The number of nitrogens with two attached hydrogens (primary N) is 1. The Morgan fingerprint density at radius 2 is 2.56 bits per heavy atom. The summed E-state index contributed by atoms with van der Waals surface area (Å²) in [7, 11) is -0.406. The highest BCUT2D eigenvalue weighted by Gasteiger charge is 2.45. The predicted octanol–water partition coefficient (Wildman–Crippen LogP) is -1.91. The van der Waals surface area contributed by atoms with Crippen molar-refractivity contribution < 1.29 is 21.1 Å². The number of nitrogen functional groups attached to an aromatic ring is 1. The van der Waals surface area contributed by atoms with Crippen molar-refractivity contribution in [2.45, 2.75) is 24.5 Å². The first kappa shape index (κ1) is 11.6. The first-order valence-corrected chi connectivity index (χ1v) is 5.28. The summed E-state index contributed by atoms with van der Waals surface area (Å²) in [6.45, 7) is -0.424. The molecule has 0 aromatic carbocycles. The third-order valence-corrected chi connectivity index (χ3v) is 2.81. The minimum Gasteiger partial charge on any atom is -0.394 e. The van der Waals surface area contributed by atoms with Crippen molar-refractivity contribution in [2.75, 3.05) is 19.4 Å². The van der Waals surface area contributed by atoms with E-state index in [1.165, 1.54) is 12.3 Å². The van der Waals surface area contributed by atoms with Gasteiger partial charge in [-0.25, -0.2) is 4.79 Å². The van der Waals surface area contributed by atoms with Gasteiger partial charge in [-0.15, -0.1) is 0 Å². The molecule has 1 aliphatic rings. The van der Waals surface area contributed by atoms with E-state index in [1.54, 1.807) is 0 Å². The maximum absolute atomic E-state index is 11.7. The second-order valence-corrected chi connectivity index (χ2v) is 3.91. The van der Waals surface area contributed by atoms with Crippen LogP contribution in [0.2, 0.25) is 0 Å². The van der Waals surface area contributed by atoms with Crippen LogP contribution in [-0.4, -0.2) is 51.8 Å². The molecular formula is C10H15N3O5. The number of ether oxygens (including phenoxy) is 2. The Kier molecular flexibility index (Phi) is 3.24. The second-order valence-electron chi connectivity index (χ2n) is 3.91. The van der Waals surface area contributed by atoms with E-state index in [0.29, 0.717) is 0 Å². The molecule has 0 radical (unpaired) electrons. The molecule has 4 atom stereocenters. The van der Waals surface area contributed by atoms with Gasteiger partial charge in [-0.3, -0.25) is 4.57 Å². The average molecular weight is 258 g/mol. The van der Waals surface area contributed by atoms with Crippen LogP contribution in [0, 0.1) is 0 Å². The summed E-state index contributed by atoms with van der Waals surface area (Å²) in [6.07, 6.45) is -2.55. The maximum Gasteiger partial charge on any atom is 0.351 e. The lowest BCUT2D eigenvalue weighted by Crippen LogP contribution is -2.37. The van der Waals surface area contributed by atoms with Gasteiger partial charge in [0.15, 0.2) is 6.23 Å². The normalized spacial score (nSPS) is 32.4. The first-order chi connectivity index (χ1) is 9.08. The largest absolute Gasteiger partial charge is 0.394 e. The molecule has 2 rings (SSSR count). The number of aliphatic hydroxyl groups excluding tert-OH is 2. The van der Waals surface area contributed by atoms with Crippen molar-refractivity contribution in [3.8, 4) is 0 Å². The van der Waals surface area contributed by atoms with E-state index in [-0.39, 0.29) is 5.82 Å². The zero-order valence-electron chi connectivity index (χ0n) is 10.5. The Hall–Kier alpha value is -1.48. The number of rotatable bonds is 3. The molecule has 0 aliphatic carbocycles. The fourth-order valence-electron chi connectivity index (χ4n) is 1.89. The fraction of sp³-hybridized carbons (Fsp3) is 0.600. The number of aliphatic hydroxyl groups is 2. The molecule has 8 nitrogen and oxygen atoms in total. The SMILES string of the molecule is [2H]CO[C@@H]1[C@H](O)[C@@H](CO)O[C@H]1n1ccc(N)nc1=O. The van der Waals surface area contributed by atoms with Crippen molar-refractivity contribution in [3.63, 3.8) is 0 Å². The van der Waals surface area contributed by atoms with Gasteiger partial charge in [0, 0.05) is 13.3 Å². The summed E-state index contributed by atoms with van der Waals surface area (Å²) in [5.41, 5.74) is 4.73. The lowest BCUT2D eigenvalue weighted by molar-refractivity contribution is -0.0624. The second kappa shape index (κ2) is 5.02. The highest BCUT2D eigenvalue weighted by molar-refractivity contribution is 5.23. The first-order valence-electron chi connectivity index (χ1n) is 5.99. The molecule has 1 aliphatic heterocycles. The molecule has 1 aromatic rings. The molecule has 0 spiro atoms. The van der Waals surface area contributed by atoms with Crippen molar-refractivity contribution in [3.05, 3.63) is 22.7 Å². The molecule has 18 heavy (non-hydrogen) atoms. The summed E-state index contributed by atoms with van der Waals surface area (Å²) < 4.78 is 18.6. The third-order valence-electron chi connectivity index (χ3n) is 2.81. The number of methoxy groups -OCH3 is 1. The summed E-state index contributed by atoms with van der Waals surface area (Å²) in [4.78, 5) is 15.3. The topological polar surface area (TPSA) is 120 Å². The van der Waals surface area contributed by atoms with Gasteiger partial charge in [0.1, 0.15) is 24.1 Å². The van der Waals surface area contributed by atoms with Crippen LogP contribution in [0.1, 0.15) is 7.60 Å². The number of anilines is 1. The van der Waals surface area contributed by atoms with Gasteiger partial charge in [0.05, 0.1) is 7.98 Å². The third kappa shape index (κ3) is 2.10. The summed E-state index contributed by atoms with van der Waals surface area (Å²) in [6, 6.07) is 1.40. The fourth-order valence-corrected chi connectivity index (χ4v) is 1.89. The van der Waals surface area contributed by atoms with Gasteiger partial charge in [-0.2, -0.15) is 4.98 Å². The summed E-state index contributed by atoms with van der Waals surface area (Å²) >= 11 is 0. The van der Waals surface area contributed by atoms with Gasteiger partial charge in [0.25, 0.3) is 0 Å². The Balaban J connectivity index is 2.33. The quantitative estimate of drug-likeness (QED) is 0.578. The molecule has 0 bridgehead atoms. The van der Waals surface area contributed by atoms with Crippen molar-refractivity contribution in [1.29, 1.82) is 0 Å². The molecule has 1 aromatic heterocycles. The van der Waals surface area contributed by atoms with E-state index >= 15 is 0 Å². The molecule has 100 valence electrons.